The van der Waals surface area contributed by atoms with E-state index in [0.29, 0.717) is 45.5 Å². The minimum absolute atomic E-state index is 0.271. The van der Waals surface area contributed by atoms with Crippen LogP contribution in [0.3, 0.4) is 0 Å². The summed E-state index contributed by atoms with van der Waals surface area (Å²) in [5, 5.41) is 9.07. The number of pyridine rings is 1. The lowest BCUT2D eigenvalue weighted by Gasteiger charge is -2.15. The minimum Gasteiger partial charge on any atom is -0.495 e. The van der Waals surface area contributed by atoms with Gasteiger partial charge in [0.25, 0.3) is 0 Å². The third kappa shape index (κ3) is 4.19. The number of methoxy groups -OCH3 is 2. The predicted molar refractivity (Wildman–Crippen MR) is 121 cm³/mol. The molecule has 8 nitrogen and oxygen atoms in total. The normalized spacial score (nSPS) is 11.0. The summed E-state index contributed by atoms with van der Waals surface area (Å²) in [6.45, 7) is 0.488. The van der Waals surface area contributed by atoms with Gasteiger partial charge in [0.15, 0.2) is 5.82 Å². The second-order valence-corrected chi connectivity index (χ2v) is 7.72. The van der Waals surface area contributed by atoms with Gasteiger partial charge in [-0.05, 0) is 6.07 Å². The van der Waals surface area contributed by atoms with Crippen LogP contribution in [0.1, 0.15) is 5.56 Å². The van der Waals surface area contributed by atoms with Crippen molar-refractivity contribution in [2.24, 2.45) is 7.05 Å². The van der Waals surface area contributed by atoms with E-state index < -0.39 is 0 Å². The zero-order valence-electron chi connectivity index (χ0n) is 16.8. The summed E-state index contributed by atoms with van der Waals surface area (Å²) >= 11 is 19.3. The Hall–Kier alpha value is -2.81. The first-order valence-electron chi connectivity index (χ1n) is 9.06. The summed E-state index contributed by atoms with van der Waals surface area (Å²) < 4.78 is 12.5. The van der Waals surface area contributed by atoms with Crippen molar-refractivity contribution in [3.8, 4) is 22.9 Å². The minimum atomic E-state index is 0.271. The Labute approximate surface area is 193 Å². The summed E-state index contributed by atoms with van der Waals surface area (Å²) in [4.78, 5) is 13.4. The third-order valence-corrected chi connectivity index (χ3v) is 5.52. The van der Waals surface area contributed by atoms with Crippen LogP contribution in [0.2, 0.25) is 15.2 Å². The maximum Gasteiger partial charge on any atom is 0.165 e. The van der Waals surface area contributed by atoms with Crippen molar-refractivity contribution >= 4 is 51.5 Å². The molecule has 0 fully saturated rings. The van der Waals surface area contributed by atoms with E-state index in [-0.39, 0.29) is 15.9 Å². The van der Waals surface area contributed by atoms with Gasteiger partial charge in [-0.15, -0.1) is 0 Å². The lowest BCUT2D eigenvalue weighted by molar-refractivity contribution is 0.395. The number of benzene rings is 1. The third-order valence-electron chi connectivity index (χ3n) is 4.56. The molecule has 0 saturated heterocycles. The molecule has 0 unspecified atom stereocenters. The Morgan fingerprint density at radius 3 is 2.32 bits per heavy atom. The Morgan fingerprint density at radius 1 is 1.00 bits per heavy atom. The number of aromatic nitrogens is 5. The standard InChI is InChI=1S/C20H17Cl3N6O2/c1-29-9-10(7-26-29)6-25-19-11-4-15(21)24-8-12(11)27-20(28-19)16-17(22)13(30-2)5-14(31-3)18(16)23/h4-5,7-9H,6H2,1-3H3,(H,25,27,28). The van der Waals surface area contributed by atoms with Gasteiger partial charge in [0, 0.05) is 36.8 Å². The van der Waals surface area contributed by atoms with Gasteiger partial charge < -0.3 is 14.8 Å². The van der Waals surface area contributed by atoms with E-state index in [4.69, 9.17) is 49.3 Å². The van der Waals surface area contributed by atoms with Crippen LogP contribution < -0.4 is 14.8 Å². The van der Waals surface area contributed by atoms with E-state index >= 15 is 0 Å². The number of halogens is 3. The molecule has 0 aliphatic carbocycles. The van der Waals surface area contributed by atoms with Crippen LogP contribution in [-0.4, -0.2) is 39.0 Å². The molecule has 3 heterocycles. The average molecular weight is 480 g/mol. The first kappa shape index (κ1) is 21.4. The summed E-state index contributed by atoms with van der Waals surface area (Å²) in [5.41, 5.74) is 1.94. The maximum absolute atomic E-state index is 6.57. The zero-order valence-corrected chi connectivity index (χ0v) is 19.0. The summed E-state index contributed by atoms with van der Waals surface area (Å²) in [6.07, 6.45) is 5.25. The molecule has 1 N–H and O–H groups in total. The van der Waals surface area contributed by atoms with Crippen molar-refractivity contribution in [3.63, 3.8) is 0 Å². The number of nitrogens with zero attached hydrogens (tertiary/aromatic N) is 5. The fourth-order valence-electron chi connectivity index (χ4n) is 3.08. The second-order valence-electron chi connectivity index (χ2n) is 6.58. The zero-order chi connectivity index (χ0) is 22.1. The average Bonchev–Trinajstić information content (AvgIpc) is 3.17. The molecule has 0 aliphatic heterocycles. The molecule has 1 aromatic carbocycles. The highest BCUT2D eigenvalue weighted by molar-refractivity contribution is 6.41. The van der Waals surface area contributed by atoms with Crippen molar-refractivity contribution < 1.29 is 9.47 Å². The van der Waals surface area contributed by atoms with E-state index in [2.05, 4.69) is 20.4 Å². The predicted octanol–water partition coefficient (Wildman–Crippen LogP) is 5.01. The molecule has 0 aliphatic rings. The van der Waals surface area contributed by atoms with Crippen molar-refractivity contribution in [2.75, 3.05) is 19.5 Å². The van der Waals surface area contributed by atoms with Gasteiger partial charge in [0.1, 0.15) is 22.5 Å². The van der Waals surface area contributed by atoms with Crippen LogP contribution in [0.25, 0.3) is 22.3 Å². The first-order valence-corrected chi connectivity index (χ1v) is 10.2. The molecule has 31 heavy (non-hydrogen) atoms. The van der Waals surface area contributed by atoms with Crippen molar-refractivity contribution in [2.45, 2.75) is 6.54 Å². The molecular weight excluding hydrogens is 463 g/mol. The van der Waals surface area contributed by atoms with E-state index in [0.717, 1.165) is 5.56 Å². The number of hydrogen-bond acceptors (Lipinski definition) is 7. The van der Waals surface area contributed by atoms with Crippen LogP contribution in [-0.2, 0) is 13.6 Å². The summed E-state index contributed by atoms with van der Waals surface area (Å²) in [7, 11) is 4.87. The van der Waals surface area contributed by atoms with Crippen LogP contribution in [0, 0.1) is 0 Å². The highest BCUT2D eigenvalue weighted by Crippen LogP contribution is 2.45. The number of anilines is 1. The van der Waals surface area contributed by atoms with Gasteiger partial charge >= 0.3 is 0 Å². The van der Waals surface area contributed by atoms with Gasteiger partial charge in [-0.3, -0.25) is 4.68 Å². The highest BCUT2D eigenvalue weighted by Gasteiger charge is 2.22. The molecule has 11 heteroatoms. The van der Waals surface area contributed by atoms with Gasteiger partial charge in [-0.1, -0.05) is 34.8 Å². The number of aryl methyl sites for hydroxylation is 1. The van der Waals surface area contributed by atoms with Gasteiger partial charge in [-0.2, -0.15) is 5.10 Å². The van der Waals surface area contributed by atoms with Crippen molar-refractivity contribution in [1.29, 1.82) is 0 Å². The largest absolute Gasteiger partial charge is 0.495 e. The van der Waals surface area contributed by atoms with E-state index in [1.807, 2.05) is 13.2 Å². The number of nitrogens with one attached hydrogen (secondary N) is 1. The van der Waals surface area contributed by atoms with E-state index in [9.17, 15) is 0 Å². The molecule has 3 aromatic heterocycles. The molecule has 0 amide bonds. The van der Waals surface area contributed by atoms with Gasteiger partial charge in [0.05, 0.1) is 47.7 Å². The van der Waals surface area contributed by atoms with E-state index in [1.54, 1.807) is 29.2 Å². The SMILES string of the molecule is COc1cc(OC)c(Cl)c(-c2nc(NCc3cnn(C)c3)c3cc(Cl)ncc3n2)c1Cl. The molecule has 4 aromatic rings. The topological polar surface area (TPSA) is 87.0 Å². The van der Waals surface area contributed by atoms with Gasteiger partial charge in [0.2, 0.25) is 0 Å². The van der Waals surface area contributed by atoms with Crippen molar-refractivity contribution in [3.05, 3.63) is 51.5 Å². The lowest BCUT2D eigenvalue weighted by atomic mass is 10.1. The molecular formula is C20H17Cl3N6O2. The molecule has 0 saturated carbocycles. The molecule has 160 valence electrons. The number of ether oxygens (including phenoxy) is 2. The van der Waals surface area contributed by atoms with Crippen LogP contribution in [0.15, 0.2) is 30.7 Å². The maximum atomic E-state index is 6.57. The quantitative estimate of drug-likeness (QED) is 0.389. The van der Waals surface area contributed by atoms with Crippen LogP contribution in [0.4, 0.5) is 5.82 Å². The lowest BCUT2D eigenvalue weighted by Crippen LogP contribution is -2.05. The van der Waals surface area contributed by atoms with Gasteiger partial charge in [-0.25, -0.2) is 15.0 Å². The molecule has 0 bridgehead atoms. The Bertz CT molecular complexity index is 1250. The Balaban J connectivity index is 1.89. The second kappa shape index (κ2) is 8.74. The molecule has 0 spiro atoms. The summed E-state index contributed by atoms with van der Waals surface area (Å²) in [6, 6.07) is 3.31. The summed E-state index contributed by atoms with van der Waals surface area (Å²) in [5.74, 6) is 1.61. The smallest absolute Gasteiger partial charge is 0.165 e. The highest BCUT2D eigenvalue weighted by atomic mass is 35.5. The Morgan fingerprint density at radius 2 is 1.71 bits per heavy atom. The molecule has 0 radical (unpaired) electrons. The molecule has 4 rings (SSSR count). The van der Waals surface area contributed by atoms with Crippen LogP contribution in [0.5, 0.6) is 11.5 Å². The number of fused-ring (bicyclic) bond motifs is 1. The first-order chi connectivity index (χ1) is 14.9. The van der Waals surface area contributed by atoms with Crippen LogP contribution >= 0.6 is 34.8 Å². The van der Waals surface area contributed by atoms with Crippen molar-refractivity contribution in [1.82, 2.24) is 24.7 Å². The monoisotopic (exact) mass is 478 g/mol. The number of hydrogen-bond donors (Lipinski definition) is 1. The fourth-order valence-corrected chi connectivity index (χ4v) is 3.91. The fraction of sp³-hybridized carbons (Fsp3) is 0.200. The molecule has 0 atom stereocenters. The Kier molecular flexibility index (Phi) is 6.04. The van der Waals surface area contributed by atoms with E-state index in [1.165, 1.54) is 14.2 Å². The number of rotatable bonds is 6.